The maximum Gasteiger partial charge on any atom is 0.231 e. The van der Waals surface area contributed by atoms with Gasteiger partial charge in [-0.2, -0.15) is 5.26 Å². The van der Waals surface area contributed by atoms with Crippen molar-refractivity contribution in [2.45, 2.75) is 30.2 Å². The van der Waals surface area contributed by atoms with Crippen molar-refractivity contribution in [3.05, 3.63) is 24.3 Å². The van der Waals surface area contributed by atoms with E-state index in [1.165, 1.54) is 11.8 Å². The van der Waals surface area contributed by atoms with Gasteiger partial charge in [0.15, 0.2) is 0 Å². The first kappa shape index (κ1) is 13.8. The number of amides is 1. The fourth-order valence-corrected chi connectivity index (χ4v) is 2.68. The number of nitrogens with zero attached hydrogens (tertiary/aromatic N) is 1. The Balaban J connectivity index is 1.88. The summed E-state index contributed by atoms with van der Waals surface area (Å²) in [4.78, 5) is 12.5. The molecule has 2 rings (SSSR count). The molecule has 19 heavy (non-hydrogen) atoms. The molecule has 0 heterocycles. The molecule has 1 fully saturated rings. The molecule has 1 aromatic carbocycles. The van der Waals surface area contributed by atoms with Gasteiger partial charge in [-0.25, -0.2) is 0 Å². The first-order valence-electron chi connectivity index (χ1n) is 6.18. The Bertz CT molecular complexity index is 522. The number of carbonyl (C=O) groups excluding carboxylic acids is 1. The van der Waals surface area contributed by atoms with Gasteiger partial charge in [-0.05, 0) is 37.8 Å². The number of para-hydroxylation sites is 1. The second kappa shape index (κ2) is 5.54. The third-order valence-corrected chi connectivity index (χ3v) is 4.31. The Morgan fingerprint density at radius 2 is 2.26 bits per heavy atom. The van der Waals surface area contributed by atoms with E-state index >= 15 is 0 Å². The molecule has 5 heteroatoms. The molecular weight excluding hydrogens is 260 g/mol. The number of thioether (sulfide) groups is 1. The molecule has 100 valence electrons. The predicted molar refractivity (Wildman–Crippen MR) is 73.7 cm³/mol. The maximum absolute atomic E-state index is 11.9. The highest BCUT2D eigenvalue weighted by Crippen LogP contribution is 2.39. The zero-order valence-electron chi connectivity index (χ0n) is 10.7. The summed E-state index contributed by atoms with van der Waals surface area (Å²) in [6, 6.07) is 9.08. The minimum absolute atomic E-state index is 0.172. The number of carbonyl (C=O) groups is 1. The van der Waals surface area contributed by atoms with Crippen LogP contribution in [0.15, 0.2) is 29.2 Å². The molecule has 1 amide bonds. The van der Waals surface area contributed by atoms with E-state index < -0.39 is 5.54 Å². The lowest BCUT2D eigenvalue weighted by Gasteiger charge is -2.22. The molecule has 1 atom stereocenters. The normalized spacial score (nSPS) is 17.3. The van der Waals surface area contributed by atoms with Gasteiger partial charge in [0.25, 0.3) is 0 Å². The third kappa shape index (κ3) is 3.42. The number of nitrogens with one attached hydrogen (secondary N) is 1. The van der Waals surface area contributed by atoms with Crippen LogP contribution in [0.4, 0.5) is 0 Å². The van der Waals surface area contributed by atoms with Gasteiger partial charge in [-0.3, -0.25) is 4.79 Å². The number of benzene rings is 1. The van der Waals surface area contributed by atoms with Gasteiger partial charge in [-0.15, -0.1) is 11.8 Å². The van der Waals surface area contributed by atoms with Gasteiger partial charge in [0.2, 0.25) is 5.91 Å². The van der Waals surface area contributed by atoms with Gasteiger partial charge in [0, 0.05) is 4.90 Å². The van der Waals surface area contributed by atoms with Gasteiger partial charge < -0.3 is 10.4 Å². The van der Waals surface area contributed by atoms with Crippen LogP contribution in [-0.4, -0.2) is 22.3 Å². The standard InChI is InChI=1S/C14H16N2O2S/c1-14(9-15,10-6-7-10)16-13(18)8-19-12-5-3-2-4-11(12)17/h2-5,10,17H,6-8H2,1H3,(H,16,18). The first-order chi connectivity index (χ1) is 9.05. The molecule has 1 unspecified atom stereocenters. The summed E-state index contributed by atoms with van der Waals surface area (Å²) in [6.45, 7) is 1.77. The van der Waals surface area contributed by atoms with Gasteiger partial charge in [0.1, 0.15) is 11.3 Å². The van der Waals surface area contributed by atoms with E-state index in [0.717, 1.165) is 12.8 Å². The summed E-state index contributed by atoms with van der Waals surface area (Å²) in [5.41, 5.74) is -0.754. The summed E-state index contributed by atoms with van der Waals surface area (Å²) in [6.07, 6.45) is 1.99. The lowest BCUT2D eigenvalue weighted by Crippen LogP contribution is -2.47. The third-order valence-electron chi connectivity index (χ3n) is 3.25. The van der Waals surface area contributed by atoms with E-state index in [-0.39, 0.29) is 23.3 Å². The molecule has 4 nitrogen and oxygen atoms in total. The summed E-state index contributed by atoms with van der Waals surface area (Å²) in [5, 5.41) is 21.6. The zero-order valence-corrected chi connectivity index (χ0v) is 11.5. The van der Waals surface area contributed by atoms with Crippen LogP contribution in [-0.2, 0) is 4.79 Å². The van der Waals surface area contributed by atoms with E-state index in [4.69, 9.17) is 5.26 Å². The average molecular weight is 276 g/mol. The summed E-state index contributed by atoms with van der Waals surface area (Å²) < 4.78 is 0. The maximum atomic E-state index is 11.9. The Kier molecular flexibility index (Phi) is 4.01. The fraction of sp³-hybridized carbons (Fsp3) is 0.429. The van der Waals surface area contributed by atoms with Crippen LogP contribution in [0.1, 0.15) is 19.8 Å². The molecule has 0 aromatic heterocycles. The second-order valence-electron chi connectivity index (χ2n) is 4.89. The predicted octanol–water partition coefficient (Wildman–Crippen LogP) is 2.29. The monoisotopic (exact) mass is 276 g/mol. The molecule has 0 aliphatic heterocycles. The number of hydrogen-bond acceptors (Lipinski definition) is 4. The molecule has 1 aliphatic carbocycles. The quantitative estimate of drug-likeness (QED) is 0.809. The van der Waals surface area contributed by atoms with Crippen LogP contribution < -0.4 is 5.32 Å². The number of aromatic hydroxyl groups is 1. The molecule has 0 radical (unpaired) electrons. The zero-order chi connectivity index (χ0) is 13.9. The lowest BCUT2D eigenvalue weighted by molar-refractivity contribution is -0.119. The number of rotatable bonds is 5. The van der Waals surface area contributed by atoms with Crippen molar-refractivity contribution in [1.82, 2.24) is 5.32 Å². The fourth-order valence-electron chi connectivity index (χ4n) is 1.93. The van der Waals surface area contributed by atoms with Gasteiger partial charge >= 0.3 is 0 Å². The van der Waals surface area contributed by atoms with Crippen molar-refractivity contribution in [1.29, 1.82) is 5.26 Å². The highest BCUT2D eigenvalue weighted by Gasteiger charge is 2.42. The smallest absolute Gasteiger partial charge is 0.231 e. The highest BCUT2D eigenvalue weighted by molar-refractivity contribution is 8.00. The minimum Gasteiger partial charge on any atom is -0.507 e. The first-order valence-corrected chi connectivity index (χ1v) is 7.17. The Hall–Kier alpha value is -1.67. The van der Waals surface area contributed by atoms with Crippen molar-refractivity contribution in [3.8, 4) is 11.8 Å². The van der Waals surface area contributed by atoms with Crippen molar-refractivity contribution >= 4 is 17.7 Å². The van der Waals surface area contributed by atoms with Crippen LogP contribution in [0.5, 0.6) is 5.75 Å². The summed E-state index contributed by atoms with van der Waals surface area (Å²) in [5.74, 6) is 0.466. The Morgan fingerprint density at radius 3 is 2.84 bits per heavy atom. The van der Waals surface area contributed by atoms with Crippen molar-refractivity contribution in [2.75, 3.05) is 5.75 Å². The summed E-state index contributed by atoms with van der Waals surface area (Å²) in [7, 11) is 0. The molecule has 0 bridgehead atoms. The van der Waals surface area contributed by atoms with Crippen LogP contribution in [0.25, 0.3) is 0 Å². The van der Waals surface area contributed by atoms with Crippen molar-refractivity contribution in [2.24, 2.45) is 5.92 Å². The SMILES string of the molecule is CC(C#N)(NC(=O)CSc1ccccc1O)C1CC1. The highest BCUT2D eigenvalue weighted by atomic mass is 32.2. The number of phenols is 1. The van der Waals surface area contributed by atoms with Gasteiger partial charge in [0.05, 0.1) is 11.8 Å². The van der Waals surface area contributed by atoms with Crippen LogP contribution >= 0.6 is 11.8 Å². The van der Waals surface area contributed by atoms with Gasteiger partial charge in [-0.1, -0.05) is 12.1 Å². The van der Waals surface area contributed by atoms with E-state index in [1.807, 2.05) is 6.07 Å². The topological polar surface area (TPSA) is 73.1 Å². The van der Waals surface area contributed by atoms with E-state index in [9.17, 15) is 9.90 Å². The number of phenolic OH excluding ortho intramolecular Hbond substituents is 1. The minimum atomic E-state index is -0.754. The second-order valence-corrected chi connectivity index (χ2v) is 5.91. The molecule has 0 spiro atoms. The summed E-state index contributed by atoms with van der Waals surface area (Å²) >= 11 is 1.27. The number of hydrogen-bond donors (Lipinski definition) is 2. The average Bonchev–Trinajstić information content (AvgIpc) is 3.22. The van der Waals surface area contributed by atoms with E-state index in [1.54, 1.807) is 25.1 Å². The molecule has 1 saturated carbocycles. The van der Waals surface area contributed by atoms with E-state index in [0.29, 0.717) is 4.90 Å². The molecule has 1 aliphatic rings. The van der Waals surface area contributed by atoms with Crippen molar-refractivity contribution in [3.63, 3.8) is 0 Å². The van der Waals surface area contributed by atoms with Crippen LogP contribution in [0.2, 0.25) is 0 Å². The van der Waals surface area contributed by atoms with Crippen LogP contribution in [0.3, 0.4) is 0 Å². The van der Waals surface area contributed by atoms with Crippen molar-refractivity contribution < 1.29 is 9.90 Å². The largest absolute Gasteiger partial charge is 0.507 e. The Morgan fingerprint density at radius 1 is 1.58 bits per heavy atom. The number of nitriles is 1. The molecule has 1 aromatic rings. The van der Waals surface area contributed by atoms with E-state index in [2.05, 4.69) is 11.4 Å². The lowest BCUT2D eigenvalue weighted by atomic mass is 9.98. The molecular formula is C14H16N2O2S. The van der Waals surface area contributed by atoms with Crippen LogP contribution in [0, 0.1) is 17.2 Å². The molecule has 2 N–H and O–H groups in total. The molecule has 0 saturated heterocycles. The Labute approximate surface area is 116 Å².